The highest BCUT2D eigenvalue weighted by Crippen LogP contribution is 2.21. The Labute approximate surface area is 178 Å². The van der Waals surface area contributed by atoms with Gasteiger partial charge in [-0.05, 0) is 37.5 Å². The first kappa shape index (κ1) is 22.4. The summed E-state index contributed by atoms with van der Waals surface area (Å²) in [6.07, 6.45) is 5.01. The van der Waals surface area contributed by atoms with Gasteiger partial charge in [-0.15, -0.1) is 10.2 Å². The van der Waals surface area contributed by atoms with Crippen LogP contribution in [0.5, 0.6) is 0 Å². The highest BCUT2D eigenvalue weighted by atomic mass is 32.2. The van der Waals surface area contributed by atoms with Crippen LogP contribution >= 0.6 is 0 Å². The van der Waals surface area contributed by atoms with E-state index in [9.17, 15) is 13.2 Å². The smallest absolute Gasteiger partial charge is 0.251 e. The number of rotatable bonds is 8. The number of benzene rings is 1. The Balaban J connectivity index is 1.69. The first-order valence-electron chi connectivity index (χ1n) is 10.7. The first-order chi connectivity index (χ1) is 14.4. The zero-order valence-corrected chi connectivity index (χ0v) is 18.8. The van der Waals surface area contributed by atoms with Crippen LogP contribution in [0.2, 0.25) is 0 Å². The summed E-state index contributed by atoms with van der Waals surface area (Å²) in [6.45, 7) is 7.47. The maximum Gasteiger partial charge on any atom is 0.251 e. The lowest BCUT2D eigenvalue weighted by molar-refractivity contribution is 0.0953. The van der Waals surface area contributed by atoms with Gasteiger partial charge >= 0.3 is 0 Å². The summed E-state index contributed by atoms with van der Waals surface area (Å²) in [7, 11) is -3.63. The molecule has 1 aliphatic rings. The Morgan fingerprint density at radius 3 is 2.67 bits per heavy atom. The lowest BCUT2D eigenvalue weighted by Gasteiger charge is -2.20. The van der Waals surface area contributed by atoms with E-state index in [1.807, 2.05) is 0 Å². The van der Waals surface area contributed by atoms with Crippen LogP contribution in [-0.2, 0) is 29.4 Å². The lowest BCUT2D eigenvalue weighted by atomic mass is 10.1. The number of carbonyl (C=O) groups is 1. The molecule has 1 amide bonds. The predicted molar refractivity (Wildman–Crippen MR) is 115 cm³/mol. The molecule has 1 aromatic heterocycles. The number of aromatic nitrogens is 3. The van der Waals surface area contributed by atoms with Crippen LogP contribution in [-0.4, -0.2) is 53.0 Å². The fraction of sp³-hybridized carbons (Fsp3) is 0.571. The second-order valence-corrected chi connectivity index (χ2v) is 9.48. The number of aryl methyl sites for hydroxylation is 2. The van der Waals surface area contributed by atoms with Crippen molar-refractivity contribution in [1.29, 1.82) is 0 Å². The van der Waals surface area contributed by atoms with E-state index in [1.165, 1.54) is 16.8 Å². The summed E-state index contributed by atoms with van der Waals surface area (Å²) in [6, 6.07) is 4.82. The number of hydrogen-bond acceptors (Lipinski definition) is 5. The number of nitrogens with zero attached hydrogens (tertiary/aromatic N) is 4. The molecule has 1 aliphatic heterocycles. The molecule has 30 heavy (non-hydrogen) atoms. The van der Waals surface area contributed by atoms with Crippen LogP contribution in [0.4, 0.5) is 0 Å². The highest BCUT2D eigenvalue weighted by molar-refractivity contribution is 7.89. The molecule has 0 saturated carbocycles. The molecule has 2 aromatic rings. The lowest BCUT2D eigenvalue weighted by Crippen LogP contribution is -2.31. The molecule has 8 nitrogen and oxygen atoms in total. The molecule has 0 unspecified atom stereocenters. The third kappa shape index (κ3) is 4.73. The van der Waals surface area contributed by atoms with Gasteiger partial charge in [0.1, 0.15) is 11.6 Å². The maximum absolute atomic E-state index is 12.9. The van der Waals surface area contributed by atoms with Crippen molar-refractivity contribution in [3.8, 4) is 0 Å². The second kappa shape index (κ2) is 9.70. The van der Waals surface area contributed by atoms with Gasteiger partial charge in [0.2, 0.25) is 10.0 Å². The molecule has 3 rings (SSSR count). The van der Waals surface area contributed by atoms with Crippen LogP contribution in [0, 0.1) is 6.92 Å². The minimum Gasteiger partial charge on any atom is -0.352 e. The molecule has 0 atom stereocenters. The SMILES string of the molecule is CCN(CC)S(=O)(=O)c1cc(C(=O)NCCc2nnc3n2CCCCC3)ccc1C. The molecule has 1 N–H and O–H groups in total. The Morgan fingerprint density at radius 2 is 1.93 bits per heavy atom. The van der Waals surface area contributed by atoms with E-state index < -0.39 is 10.0 Å². The van der Waals surface area contributed by atoms with Gasteiger partial charge in [0.05, 0.1) is 4.90 Å². The Morgan fingerprint density at radius 1 is 1.17 bits per heavy atom. The molecular weight excluding hydrogens is 402 g/mol. The molecule has 9 heteroatoms. The second-order valence-electron chi connectivity index (χ2n) is 7.57. The van der Waals surface area contributed by atoms with Gasteiger partial charge in [0.15, 0.2) is 0 Å². The highest BCUT2D eigenvalue weighted by Gasteiger charge is 2.24. The van der Waals surface area contributed by atoms with Crippen molar-refractivity contribution in [2.75, 3.05) is 19.6 Å². The standard InChI is InChI=1S/C21H31N5O3S/c1-4-25(5-2)30(28,29)18-15-17(11-10-16(18)3)21(27)22-13-12-20-24-23-19-9-7-6-8-14-26(19)20/h10-11,15H,4-9,12-14H2,1-3H3,(H,22,27). The largest absolute Gasteiger partial charge is 0.352 e. The molecule has 0 fully saturated rings. The number of amides is 1. The molecule has 0 saturated heterocycles. The number of hydrogen-bond donors (Lipinski definition) is 1. The Hall–Kier alpha value is -2.26. The molecule has 164 valence electrons. The normalized spacial score (nSPS) is 14.4. The van der Waals surface area contributed by atoms with E-state index in [1.54, 1.807) is 32.9 Å². The van der Waals surface area contributed by atoms with E-state index >= 15 is 0 Å². The number of carbonyl (C=O) groups excluding carboxylic acids is 1. The quantitative estimate of drug-likeness (QED) is 0.689. The Bertz CT molecular complexity index is 996. The molecule has 1 aromatic carbocycles. The van der Waals surface area contributed by atoms with Crippen LogP contribution in [0.3, 0.4) is 0 Å². The minimum absolute atomic E-state index is 0.182. The van der Waals surface area contributed by atoms with Crippen molar-refractivity contribution < 1.29 is 13.2 Å². The molecule has 0 spiro atoms. The van der Waals surface area contributed by atoms with Crippen LogP contribution in [0.1, 0.15) is 60.7 Å². The fourth-order valence-electron chi connectivity index (χ4n) is 3.84. The van der Waals surface area contributed by atoms with Crippen molar-refractivity contribution in [2.45, 2.75) is 64.3 Å². The van der Waals surface area contributed by atoms with E-state index in [4.69, 9.17) is 0 Å². The van der Waals surface area contributed by atoms with Gasteiger partial charge in [0, 0.05) is 44.6 Å². The number of fused-ring (bicyclic) bond motifs is 1. The van der Waals surface area contributed by atoms with E-state index in [0.717, 1.165) is 37.5 Å². The summed E-state index contributed by atoms with van der Waals surface area (Å²) < 4.78 is 29.4. The maximum atomic E-state index is 12.9. The van der Waals surface area contributed by atoms with E-state index in [2.05, 4.69) is 20.1 Å². The fourth-order valence-corrected chi connectivity index (χ4v) is 5.55. The van der Waals surface area contributed by atoms with Gasteiger partial charge in [-0.2, -0.15) is 4.31 Å². The van der Waals surface area contributed by atoms with E-state index in [0.29, 0.717) is 37.2 Å². The summed E-state index contributed by atoms with van der Waals surface area (Å²) >= 11 is 0. The topological polar surface area (TPSA) is 97.2 Å². The third-order valence-corrected chi connectivity index (χ3v) is 7.79. The van der Waals surface area contributed by atoms with Gasteiger partial charge < -0.3 is 9.88 Å². The first-order valence-corrected chi connectivity index (χ1v) is 12.1. The van der Waals surface area contributed by atoms with E-state index in [-0.39, 0.29) is 10.8 Å². The zero-order valence-electron chi connectivity index (χ0n) is 18.0. The molecular formula is C21H31N5O3S. The van der Waals surface area contributed by atoms with Crippen molar-refractivity contribution in [3.05, 3.63) is 41.0 Å². The zero-order chi connectivity index (χ0) is 21.7. The van der Waals surface area contributed by atoms with Crippen LogP contribution < -0.4 is 5.32 Å². The summed E-state index contributed by atoms with van der Waals surface area (Å²) in [4.78, 5) is 12.8. The average Bonchev–Trinajstić information content (AvgIpc) is 2.95. The summed E-state index contributed by atoms with van der Waals surface area (Å²) in [5.74, 6) is 1.63. The van der Waals surface area contributed by atoms with Crippen molar-refractivity contribution in [1.82, 2.24) is 24.4 Å². The van der Waals surface area contributed by atoms with Crippen LogP contribution in [0.15, 0.2) is 23.1 Å². The van der Waals surface area contributed by atoms with Gasteiger partial charge in [0.25, 0.3) is 5.91 Å². The minimum atomic E-state index is -3.63. The Kier molecular flexibility index (Phi) is 7.25. The number of sulfonamides is 1. The van der Waals surface area contributed by atoms with Crippen molar-refractivity contribution in [3.63, 3.8) is 0 Å². The molecule has 2 heterocycles. The van der Waals surface area contributed by atoms with Gasteiger partial charge in [-0.25, -0.2) is 8.42 Å². The predicted octanol–water partition coefficient (Wildman–Crippen LogP) is 2.32. The molecule has 0 radical (unpaired) electrons. The molecule has 0 bridgehead atoms. The summed E-state index contributed by atoms with van der Waals surface area (Å²) in [5, 5.41) is 11.5. The van der Waals surface area contributed by atoms with Gasteiger partial charge in [-0.3, -0.25) is 4.79 Å². The monoisotopic (exact) mass is 433 g/mol. The van der Waals surface area contributed by atoms with Crippen molar-refractivity contribution in [2.24, 2.45) is 0 Å². The average molecular weight is 434 g/mol. The van der Waals surface area contributed by atoms with Crippen LogP contribution in [0.25, 0.3) is 0 Å². The molecule has 0 aliphatic carbocycles. The summed E-state index contributed by atoms with van der Waals surface area (Å²) in [5.41, 5.74) is 0.969. The number of nitrogens with one attached hydrogen (secondary N) is 1. The van der Waals surface area contributed by atoms with Crippen molar-refractivity contribution >= 4 is 15.9 Å². The third-order valence-electron chi connectivity index (χ3n) is 5.59. The van der Waals surface area contributed by atoms with Gasteiger partial charge in [-0.1, -0.05) is 26.3 Å².